The fourth-order valence-electron chi connectivity index (χ4n) is 0.227. The molecule has 0 unspecified atom stereocenters. The monoisotopic (exact) mass is 250 g/mol. The van der Waals surface area contributed by atoms with Crippen LogP contribution in [0.15, 0.2) is 0 Å². The van der Waals surface area contributed by atoms with Gasteiger partial charge in [0.05, 0.1) is 0 Å². The van der Waals surface area contributed by atoms with E-state index in [4.69, 9.17) is 5.73 Å². The van der Waals surface area contributed by atoms with E-state index < -0.39 is 5.91 Å². The van der Waals surface area contributed by atoms with Gasteiger partial charge < -0.3 is 10.5 Å². The van der Waals surface area contributed by atoms with Crippen LogP contribution >= 0.6 is 0 Å². The van der Waals surface area contributed by atoms with Crippen molar-refractivity contribution in [1.29, 1.82) is 0 Å². The normalized spacial score (nSPS) is 7.00. The average Bonchev–Trinajstić information content (AvgIpc) is 1.35. The van der Waals surface area contributed by atoms with Crippen molar-refractivity contribution < 1.29 is 43.0 Å². The Bertz CT molecular complexity index is 55.7. The van der Waals surface area contributed by atoms with Crippen molar-refractivity contribution in [2.75, 3.05) is 0 Å². The van der Waals surface area contributed by atoms with E-state index in [1.165, 1.54) is 0 Å². The molecule has 0 aromatic heterocycles. The van der Waals surface area contributed by atoms with Crippen molar-refractivity contribution in [1.82, 2.24) is 0 Å². The molecule has 0 rings (SSSR count). The fourth-order valence-corrected chi connectivity index (χ4v) is 0.227. The number of carbonyl (C=O) groups is 1. The molecular weight excluding hydrogens is 241 g/mol. The minimum Gasteiger partial charge on any atom is -0.668 e. The second-order valence-electron chi connectivity index (χ2n) is 1.17. The van der Waals surface area contributed by atoms with Crippen LogP contribution in [0.2, 0.25) is 0 Å². The van der Waals surface area contributed by atoms with Gasteiger partial charge in [0.1, 0.15) is 0 Å². The Morgan fingerprint density at radius 3 is 2.14 bits per heavy atom. The van der Waals surface area contributed by atoms with Crippen LogP contribution in [-0.2, 0) is 4.79 Å². The first-order valence-corrected chi connectivity index (χ1v) is 2.01. The summed E-state index contributed by atoms with van der Waals surface area (Å²) in [5.41, 5.74) is 6.34. The van der Waals surface area contributed by atoms with E-state index in [2.05, 4.69) is 0 Å². The standard InChI is InChI=1S/C4H9NO.Dy/c1-2-3-4(5)6;/h2-3H2,1H3,(H2,5,6);/p-1. The number of carbonyl (C=O) groups excluding carboxylic acids is 1. The molecular formula is C4H8DyNO-. The van der Waals surface area contributed by atoms with Crippen molar-refractivity contribution in [3.63, 3.8) is 0 Å². The van der Waals surface area contributed by atoms with E-state index in [0.29, 0.717) is 6.42 Å². The molecule has 46 valence electrons. The minimum atomic E-state index is -0.461. The van der Waals surface area contributed by atoms with Crippen LogP contribution < -0.4 is 0 Å². The predicted molar refractivity (Wildman–Crippen MR) is 24.2 cm³/mol. The van der Waals surface area contributed by atoms with Crippen LogP contribution in [0.4, 0.5) is 0 Å². The molecule has 3 heteroatoms. The summed E-state index contributed by atoms with van der Waals surface area (Å²) in [7, 11) is 0. The molecule has 0 saturated carbocycles. The summed E-state index contributed by atoms with van der Waals surface area (Å²) in [6, 6.07) is 0. The van der Waals surface area contributed by atoms with Gasteiger partial charge in [0, 0.05) is 44.1 Å². The molecule has 0 spiro atoms. The third-order valence-electron chi connectivity index (χ3n) is 0.477. The molecule has 0 aliphatic rings. The number of hydrogen-bond acceptors (Lipinski definition) is 1. The number of nitrogens with one attached hydrogen (secondary N) is 1. The molecule has 0 atom stereocenters. The zero-order valence-electron chi connectivity index (χ0n) is 4.14. The molecule has 0 aliphatic carbocycles. The summed E-state index contributed by atoms with van der Waals surface area (Å²) in [4.78, 5) is 9.71. The van der Waals surface area contributed by atoms with Gasteiger partial charge in [-0.15, -0.1) is 0 Å². The second kappa shape index (κ2) is 6.74. The topological polar surface area (TPSA) is 40.9 Å². The van der Waals surface area contributed by atoms with E-state index >= 15 is 0 Å². The van der Waals surface area contributed by atoms with Gasteiger partial charge in [-0.25, -0.2) is 0 Å². The maximum atomic E-state index is 9.71. The van der Waals surface area contributed by atoms with E-state index in [-0.39, 0.29) is 38.2 Å². The Balaban J connectivity index is 0. The largest absolute Gasteiger partial charge is 0.668 e. The smallest absolute Gasteiger partial charge is 0.0487 e. The van der Waals surface area contributed by atoms with E-state index in [1.807, 2.05) is 6.92 Å². The molecule has 0 fully saturated rings. The van der Waals surface area contributed by atoms with E-state index in [1.54, 1.807) is 0 Å². The van der Waals surface area contributed by atoms with Crippen LogP contribution in [0.1, 0.15) is 19.8 Å². The Hall–Kier alpha value is 0.743. The summed E-state index contributed by atoms with van der Waals surface area (Å²) in [5.74, 6) is -0.461. The zero-order valence-corrected chi connectivity index (χ0v) is 6.17. The summed E-state index contributed by atoms with van der Waals surface area (Å²) in [5, 5.41) is 0. The van der Waals surface area contributed by atoms with Crippen LogP contribution in [0.5, 0.6) is 0 Å². The number of rotatable bonds is 2. The molecule has 0 heterocycles. The molecule has 7 heavy (non-hydrogen) atoms. The van der Waals surface area contributed by atoms with Gasteiger partial charge in [-0.1, -0.05) is 13.3 Å². The molecule has 0 radical (unpaired) electrons. The maximum Gasteiger partial charge on any atom is 0.0487 e. The first-order valence-electron chi connectivity index (χ1n) is 2.01. The zero-order chi connectivity index (χ0) is 4.99. The molecule has 0 aromatic rings. The van der Waals surface area contributed by atoms with Crippen molar-refractivity contribution in [2.45, 2.75) is 19.8 Å². The Morgan fingerprint density at radius 2 is 2.14 bits per heavy atom. The average molecular weight is 249 g/mol. The Kier molecular flexibility index (Phi) is 10.3. The molecule has 1 amide bonds. The predicted octanol–water partition coefficient (Wildman–Crippen LogP) is 1.37. The van der Waals surface area contributed by atoms with Gasteiger partial charge in [0.2, 0.25) is 0 Å². The van der Waals surface area contributed by atoms with Crippen LogP contribution in [0.3, 0.4) is 0 Å². The van der Waals surface area contributed by atoms with Gasteiger partial charge in [-0.2, -0.15) is 0 Å². The second-order valence-corrected chi connectivity index (χ2v) is 1.17. The number of amides is 1. The molecule has 2 nitrogen and oxygen atoms in total. The van der Waals surface area contributed by atoms with Gasteiger partial charge in [-0.05, 0) is 6.42 Å². The van der Waals surface area contributed by atoms with Gasteiger partial charge in [0.25, 0.3) is 0 Å². The summed E-state index contributed by atoms with van der Waals surface area (Å²) in [6.45, 7) is 1.88. The van der Waals surface area contributed by atoms with Crippen molar-refractivity contribution in [2.24, 2.45) is 0 Å². The first kappa shape index (κ1) is 10.7. The van der Waals surface area contributed by atoms with Crippen LogP contribution in [-0.4, -0.2) is 5.91 Å². The molecule has 0 aliphatic heterocycles. The quantitative estimate of drug-likeness (QED) is 0.728. The maximum absolute atomic E-state index is 9.71. The molecule has 0 aromatic carbocycles. The Morgan fingerprint density at radius 1 is 1.71 bits per heavy atom. The fraction of sp³-hybridized carbons (Fsp3) is 0.750. The summed E-state index contributed by atoms with van der Waals surface area (Å²) in [6.07, 6.45) is 1.20. The van der Waals surface area contributed by atoms with Crippen molar-refractivity contribution >= 4 is 5.91 Å². The van der Waals surface area contributed by atoms with Gasteiger partial charge >= 0.3 is 0 Å². The molecule has 0 saturated heterocycles. The third kappa shape index (κ3) is 10.8. The summed E-state index contributed by atoms with van der Waals surface area (Å²) >= 11 is 0. The van der Waals surface area contributed by atoms with Gasteiger partial charge in [0.15, 0.2) is 0 Å². The third-order valence-corrected chi connectivity index (χ3v) is 0.477. The molecule has 0 bridgehead atoms. The van der Waals surface area contributed by atoms with E-state index in [9.17, 15) is 4.79 Å². The minimum absolute atomic E-state index is 0. The van der Waals surface area contributed by atoms with Gasteiger partial charge in [-0.3, -0.25) is 0 Å². The first-order chi connectivity index (χ1) is 2.77. The summed E-state index contributed by atoms with van der Waals surface area (Å²) < 4.78 is 0. The van der Waals surface area contributed by atoms with E-state index in [0.717, 1.165) is 6.42 Å². The van der Waals surface area contributed by atoms with Crippen molar-refractivity contribution in [3.8, 4) is 0 Å². The number of hydrogen-bond donors (Lipinski definition) is 0. The molecule has 1 N–H and O–H groups in total. The Labute approximate surface area is 73.9 Å². The van der Waals surface area contributed by atoms with Crippen LogP contribution in [0.25, 0.3) is 5.73 Å². The van der Waals surface area contributed by atoms with Crippen molar-refractivity contribution in [3.05, 3.63) is 5.73 Å². The van der Waals surface area contributed by atoms with Crippen LogP contribution in [0, 0.1) is 38.2 Å². The SMILES string of the molecule is CCCC([NH-])=O.[Dy].